The molecule has 1 aromatic heterocycles. The third-order valence-electron chi connectivity index (χ3n) is 4.32. The van der Waals surface area contributed by atoms with E-state index in [1.165, 1.54) is 12.8 Å². The minimum Gasteiger partial charge on any atom is -0.497 e. The summed E-state index contributed by atoms with van der Waals surface area (Å²) in [4.78, 5) is 4.29. The summed E-state index contributed by atoms with van der Waals surface area (Å²) in [5, 5.41) is 0. The highest BCUT2D eigenvalue weighted by atomic mass is 16.5. The molecule has 5 heteroatoms. The van der Waals surface area contributed by atoms with Crippen molar-refractivity contribution in [2.24, 2.45) is 5.73 Å². The fraction of sp³-hybridized carbons (Fsp3) is 0.438. The molecular weight excluding hydrogens is 266 g/mol. The lowest BCUT2D eigenvalue weighted by Gasteiger charge is -2.31. The van der Waals surface area contributed by atoms with Gasteiger partial charge in [-0.25, -0.2) is 4.98 Å². The van der Waals surface area contributed by atoms with Gasteiger partial charge in [-0.15, -0.1) is 0 Å². The molecule has 2 atom stereocenters. The minimum atomic E-state index is -0.0392. The lowest BCUT2D eigenvalue weighted by Crippen LogP contribution is -2.25. The Kier molecular flexibility index (Phi) is 2.89. The number of hydrogen-bond donors (Lipinski definition) is 1. The van der Waals surface area contributed by atoms with Crippen LogP contribution in [0.4, 0.5) is 0 Å². The Labute approximate surface area is 123 Å². The quantitative estimate of drug-likeness (QED) is 0.942. The summed E-state index contributed by atoms with van der Waals surface area (Å²) >= 11 is 0. The van der Waals surface area contributed by atoms with Gasteiger partial charge in [0.15, 0.2) is 0 Å². The molecule has 1 saturated carbocycles. The van der Waals surface area contributed by atoms with Crippen molar-refractivity contribution >= 4 is 0 Å². The van der Waals surface area contributed by atoms with E-state index in [0.29, 0.717) is 6.04 Å². The Bertz CT molecular complexity index is 663. The van der Waals surface area contributed by atoms with E-state index in [1.54, 1.807) is 7.11 Å². The van der Waals surface area contributed by atoms with Crippen LogP contribution in [0.25, 0.3) is 0 Å². The lowest BCUT2D eigenvalue weighted by atomic mass is 9.96. The van der Waals surface area contributed by atoms with Gasteiger partial charge in [0.1, 0.15) is 17.6 Å². The SMILES string of the molecule is COc1ccc2c(c1)OC(c1cncn1C1CC1)C[C@H]2N. The molecular formula is C16H19N3O2. The second-order valence-electron chi connectivity index (χ2n) is 5.81. The third-order valence-corrected chi connectivity index (χ3v) is 4.32. The fourth-order valence-corrected chi connectivity index (χ4v) is 3.01. The van der Waals surface area contributed by atoms with Gasteiger partial charge in [-0.1, -0.05) is 6.07 Å². The first-order valence-corrected chi connectivity index (χ1v) is 7.38. The second kappa shape index (κ2) is 4.77. The molecule has 1 aromatic carbocycles. The number of fused-ring (bicyclic) bond motifs is 1. The van der Waals surface area contributed by atoms with Crippen LogP contribution in [-0.2, 0) is 0 Å². The first kappa shape index (κ1) is 12.7. The standard InChI is InChI=1S/C16H19N3O2/c1-20-11-4-5-12-13(17)7-16(21-15(12)6-11)14-8-18-9-19(14)10-2-3-10/h4-6,8-10,13,16H,2-3,7,17H2,1H3/t13-,16?/m1/s1. The Morgan fingerprint density at radius 1 is 1.38 bits per heavy atom. The first-order chi connectivity index (χ1) is 10.3. The van der Waals surface area contributed by atoms with Crippen LogP contribution in [-0.4, -0.2) is 16.7 Å². The number of imidazole rings is 1. The van der Waals surface area contributed by atoms with Crippen LogP contribution >= 0.6 is 0 Å². The number of rotatable bonds is 3. The summed E-state index contributed by atoms with van der Waals surface area (Å²) in [6, 6.07) is 6.41. The van der Waals surface area contributed by atoms with Crippen LogP contribution in [0.3, 0.4) is 0 Å². The number of nitrogens with two attached hydrogens (primary N) is 1. The van der Waals surface area contributed by atoms with E-state index in [2.05, 4.69) is 9.55 Å². The number of methoxy groups -OCH3 is 1. The molecule has 2 N–H and O–H groups in total. The topological polar surface area (TPSA) is 62.3 Å². The summed E-state index contributed by atoms with van der Waals surface area (Å²) in [6.45, 7) is 0. The van der Waals surface area contributed by atoms with Gasteiger partial charge in [0.2, 0.25) is 0 Å². The van der Waals surface area contributed by atoms with Crippen LogP contribution < -0.4 is 15.2 Å². The average Bonchev–Trinajstić information content (AvgIpc) is 3.23. The molecule has 1 aliphatic carbocycles. The van der Waals surface area contributed by atoms with Crippen molar-refractivity contribution in [3.63, 3.8) is 0 Å². The summed E-state index contributed by atoms with van der Waals surface area (Å²) in [5.74, 6) is 1.61. The van der Waals surface area contributed by atoms with E-state index in [-0.39, 0.29) is 12.1 Å². The van der Waals surface area contributed by atoms with E-state index >= 15 is 0 Å². The van der Waals surface area contributed by atoms with E-state index < -0.39 is 0 Å². The molecule has 1 aliphatic heterocycles. The van der Waals surface area contributed by atoms with Crippen molar-refractivity contribution in [2.45, 2.75) is 37.5 Å². The van der Waals surface area contributed by atoms with Crippen LogP contribution in [0.15, 0.2) is 30.7 Å². The van der Waals surface area contributed by atoms with Crippen molar-refractivity contribution < 1.29 is 9.47 Å². The molecule has 21 heavy (non-hydrogen) atoms. The van der Waals surface area contributed by atoms with Crippen molar-refractivity contribution in [2.75, 3.05) is 7.11 Å². The van der Waals surface area contributed by atoms with E-state index in [9.17, 15) is 0 Å². The molecule has 0 spiro atoms. The molecule has 0 bridgehead atoms. The third kappa shape index (κ3) is 2.17. The Balaban J connectivity index is 1.68. The predicted molar refractivity (Wildman–Crippen MR) is 78.4 cm³/mol. The molecule has 2 aliphatic rings. The lowest BCUT2D eigenvalue weighted by molar-refractivity contribution is 0.152. The predicted octanol–water partition coefficient (Wildman–Crippen LogP) is 2.75. The van der Waals surface area contributed by atoms with Gasteiger partial charge in [-0.2, -0.15) is 0 Å². The van der Waals surface area contributed by atoms with E-state index in [1.807, 2.05) is 30.7 Å². The summed E-state index contributed by atoms with van der Waals surface area (Å²) < 4.78 is 13.7. The molecule has 110 valence electrons. The van der Waals surface area contributed by atoms with Crippen LogP contribution in [0.2, 0.25) is 0 Å². The fourth-order valence-electron chi connectivity index (χ4n) is 3.01. The molecule has 2 aromatic rings. The zero-order chi connectivity index (χ0) is 14.4. The van der Waals surface area contributed by atoms with Crippen LogP contribution in [0.1, 0.15) is 48.7 Å². The summed E-state index contributed by atoms with van der Waals surface area (Å²) in [5.41, 5.74) is 8.50. The van der Waals surface area contributed by atoms with Crippen LogP contribution in [0.5, 0.6) is 11.5 Å². The van der Waals surface area contributed by atoms with Crippen molar-refractivity contribution in [3.8, 4) is 11.5 Å². The Morgan fingerprint density at radius 3 is 3.00 bits per heavy atom. The van der Waals surface area contributed by atoms with Crippen LogP contribution in [0, 0.1) is 0 Å². The smallest absolute Gasteiger partial charge is 0.142 e. The molecule has 1 unspecified atom stereocenters. The number of hydrogen-bond acceptors (Lipinski definition) is 4. The maximum absolute atomic E-state index is 6.33. The monoisotopic (exact) mass is 285 g/mol. The maximum atomic E-state index is 6.33. The summed E-state index contributed by atoms with van der Waals surface area (Å²) in [7, 11) is 1.66. The Morgan fingerprint density at radius 2 is 2.24 bits per heavy atom. The number of benzene rings is 1. The maximum Gasteiger partial charge on any atom is 0.142 e. The molecule has 2 heterocycles. The van der Waals surface area contributed by atoms with Gasteiger partial charge in [0, 0.05) is 30.1 Å². The zero-order valence-electron chi connectivity index (χ0n) is 12.0. The minimum absolute atomic E-state index is 0.0211. The van der Waals surface area contributed by atoms with E-state index in [4.69, 9.17) is 15.2 Å². The highest BCUT2D eigenvalue weighted by Gasteiger charge is 2.33. The van der Waals surface area contributed by atoms with Gasteiger partial charge in [0.25, 0.3) is 0 Å². The highest BCUT2D eigenvalue weighted by molar-refractivity contribution is 5.44. The van der Waals surface area contributed by atoms with Gasteiger partial charge in [-0.05, 0) is 18.9 Å². The Hall–Kier alpha value is -2.01. The number of ether oxygens (including phenoxy) is 2. The number of aromatic nitrogens is 2. The van der Waals surface area contributed by atoms with Gasteiger partial charge < -0.3 is 19.8 Å². The van der Waals surface area contributed by atoms with Crippen molar-refractivity contribution in [3.05, 3.63) is 42.0 Å². The molecule has 0 radical (unpaired) electrons. The summed E-state index contributed by atoms with van der Waals surface area (Å²) in [6.07, 6.45) is 7.00. The number of nitrogens with zero attached hydrogens (tertiary/aromatic N) is 2. The normalized spacial score (nSPS) is 24.3. The largest absolute Gasteiger partial charge is 0.497 e. The van der Waals surface area contributed by atoms with Crippen molar-refractivity contribution in [1.82, 2.24) is 9.55 Å². The van der Waals surface area contributed by atoms with Crippen molar-refractivity contribution in [1.29, 1.82) is 0 Å². The van der Waals surface area contributed by atoms with Gasteiger partial charge in [0.05, 0.1) is 25.3 Å². The first-order valence-electron chi connectivity index (χ1n) is 7.38. The van der Waals surface area contributed by atoms with Gasteiger partial charge in [-0.3, -0.25) is 0 Å². The molecule has 0 saturated heterocycles. The zero-order valence-corrected chi connectivity index (χ0v) is 12.0. The second-order valence-corrected chi connectivity index (χ2v) is 5.81. The highest BCUT2D eigenvalue weighted by Crippen LogP contribution is 2.43. The van der Waals surface area contributed by atoms with Gasteiger partial charge >= 0.3 is 0 Å². The van der Waals surface area contributed by atoms with E-state index in [0.717, 1.165) is 29.2 Å². The molecule has 0 amide bonds. The average molecular weight is 285 g/mol. The molecule has 4 rings (SSSR count). The molecule has 5 nitrogen and oxygen atoms in total. The molecule has 1 fully saturated rings.